The molecule has 9 heteroatoms. The molecule has 1 aliphatic heterocycles. The summed E-state index contributed by atoms with van der Waals surface area (Å²) in [5.41, 5.74) is 0.723. The van der Waals surface area contributed by atoms with Crippen LogP contribution in [-0.4, -0.2) is 41.8 Å². The number of hydrogen-bond acceptors (Lipinski definition) is 7. The fourth-order valence-electron chi connectivity index (χ4n) is 2.28. The summed E-state index contributed by atoms with van der Waals surface area (Å²) in [5.74, 6) is 0.261. The molecule has 0 radical (unpaired) electrons. The van der Waals surface area contributed by atoms with Crippen LogP contribution in [0.1, 0.15) is 18.2 Å². The summed E-state index contributed by atoms with van der Waals surface area (Å²) in [7, 11) is -2.99. The highest BCUT2D eigenvalue weighted by molar-refractivity contribution is 7.99. The van der Waals surface area contributed by atoms with Gasteiger partial charge in [0.1, 0.15) is 0 Å². The minimum absolute atomic E-state index is 0.0494. The zero-order valence-corrected chi connectivity index (χ0v) is 13.8. The SMILES string of the molecule is O=C(CSc1nnc([C@@H]2CCS(=O)(=O)C2)o1)Nc1ccccc1. The van der Waals surface area contributed by atoms with Crippen molar-refractivity contribution < 1.29 is 17.6 Å². The van der Waals surface area contributed by atoms with Gasteiger partial charge in [-0.25, -0.2) is 8.42 Å². The van der Waals surface area contributed by atoms with Crippen molar-refractivity contribution in [3.8, 4) is 0 Å². The molecule has 0 spiro atoms. The monoisotopic (exact) mass is 353 g/mol. The third-order valence-corrected chi connectivity index (χ3v) is 5.97. The molecule has 0 bridgehead atoms. The number of para-hydroxylation sites is 1. The van der Waals surface area contributed by atoms with E-state index in [1.807, 2.05) is 18.2 Å². The van der Waals surface area contributed by atoms with E-state index in [0.717, 1.165) is 17.4 Å². The van der Waals surface area contributed by atoms with E-state index in [2.05, 4.69) is 15.5 Å². The van der Waals surface area contributed by atoms with E-state index in [-0.39, 0.29) is 34.3 Å². The van der Waals surface area contributed by atoms with Crippen LogP contribution < -0.4 is 5.32 Å². The van der Waals surface area contributed by atoms with Crippen molar-refractivity contribution in [3.63, 3.8) is 0 Å². The average Bonchev–Trinajstić information content (AvgIpc) is 3.12. The van der Waals surface area contributed by atoms with Gasteiger partial charge < -0.3 is 9.73 Å². The number of nitrogens with one attached hydrogen (secondary N) is 1. The molecule has 1 atom stereocenters. The highest BCUT2D eigenvalue weighted by Crippen LogP contribution is 2.29. The lowest BCUT2D eigenvalue weighted by molar-refractivity contribution is -0.113. The van der Waals surface area contributed by atoms with E-state index in [1.165, 1.54) is 0 Å². The van der Waals surface area contributed by atoms with Gasteiger partial charge in [0.2, 0.25) is 11.8 Å². The van der Waals surface area contributed by atoms with E-state index in [1.54, 1.807) is 12.1 Å². The van der Waals surface area contributed by atoms with Gasteiger partial charge >= 0.3 is 0 Å². The summed E-state index contributed by atoms with van der Waals surface area (Å²) in [5, 5.41) is 10.8. The zero-order valence-electron chi connectivity index (χ0n) is 12.1. The molecular formula is C14H15N3O4S2. The number of sulfone groups is 1. The first kappa shape index (κ1) is 16.0. The topological polar surface area (TPSA) is 102 Å². The molecule has 1 N–H and O–H groups in total. The molecule has 0 aliphatic carbocycles. The quantitative estimate of drug-likeness (QED) is 0.816. The molecule has 2 aromatic rings. The maximum Gasteiger partial charge on any atom is 0.277 e. The second-order valence-electron chi connectivity index (χ2n) is 5.21. The van der Waals surface area contributed by atoms with Crippen molar-refractivity contribution >= 4 is 33.2 Å². The van der Waals surface area contributed by atoms with Crippen LogP contribution in [0.25, 0.3) is 0 Å². The number of rotatable bonds is 5. The molecule has 0 unspecified atom stereocenters. The first-order valence-corrected chi connectivity index (χ1v) is 9.84. The van der Waals surface area contributed by atoms with Crippen LogP contribution >= 0.6 is 11.8 Å². The predicted molar refractivity (Wildman–Crippen MR) is 86.1 cm³/mol. The molecule has 1 aromatic heterocycles. The zero-order chi connectivity index (χ0) is 16.3. The van der Waals surface area contributed by atoms with Gasteiger partial charge in [-0.3, -0.25) is 4.79 Å². The molecule has 122 valence electrons. The van der Waals surface area contributed by atoms with Crippen LogP contribution in [0.3, 0.4) is 0 Å². The maximum absolute atomic E-state index is 11.8. The molecule has 1 aromatic carbocycles. The molecule has 1 aliphatic rings. The fourth-order valence-corrected chi connectivity index (χ4v) is 4.58. The van der Waals surface area contributed by atoms with E-state index < -0.39 is 9.84 Å². The molecule has 3 rings (SSSR count). The van der Waals surface area contributed by atoms with Crippen molar-refractivity contribution in [2.24, 2.45) is 0 Å². The Morgan fingerprint density at radius 2 is 2.09 bits per heavy atom. The van der Waals surface area contributed by atoms with Crippen LogP contribution in [0.4, 0.5) is 5.69 Å². The van der Waals surface area contributed by atoms with Crippen LogP contribution in [0, 0.1) is 0 Å². The van der Waals surface area contributed by atoms with Crippen LogP contribution in [0.15, 0.2) is 40.0 Å². The first-order valence-electron chi connectivity index (χ1n) is 7.03. The lowest BCUT2D eigenvalue weighted by Gasteiger charge is -2.03. The lowest BCUT2D eigenvalue weighted by atomic mass is 10.1. The normalized spacial score (nSPS) is 19.6. The third kappa shape index (κ3) is 4.32. The lowest BCUT2D eigenvalue weighted by Crippen LogP contribution is -2.13. The first-order chi connectivity index (χ1) is 11.0. The van der Waals surface area contributed by atoms with Gasteiger partial charge in [0, 0.05) is 5.69 Å². The summed E-state index contributed by atoms with van der Waals surface area (Å²) in [6.45, 7) is 0. The Morgan fingerprint density at radius 3 is 2.78 bits per heavy atom. The van der Waals surface area contributed by atoms with Gasteiger partial charge in [0.25, 0.3) is 5.22 Å². The number of nitrogens with zero attached hydrogens (tertiary/aromatic N) is 2. The second kappa shape index (κ2) is 6.71. The molecule has 7 nitrogen and oxygen atoms in total. The summed E-state index contributed by atoms with van der Waals surface area (Å²) in [4.78, 5) is 11.8. The number of benzene rings is 1. The molecule has 1 amide bonds. The molecule has 2 heterocycles. The standard InChI is InChI=1S/C14H15N3O4S2/c18-12(15-11-4-2-1-3-5-11)8-22-14-17-16-13(21-14)10-6-7-23(19,20)9-10/h1-5,10H,6-9H2,(H,15,18)/t10-/m1/s1. The predicted octanol–water partition coefficient (Wildman–Crippen LogP) is 1.70. The molecule has 1 saturated heterocycles. The van der Waals surface area contributed by atoms with Crippen LogP contribution in [0.5, 0.6) is 0 Å². The van der Waals surface area contributed by atoms with E-state index in [4.69, 9.17) is 4.42 Å². The van der Waals surface area contributed by atoms with Crippen molar-refractivity contribution in [2.75, 3.05) is 22.6 Å². The van der Waals surface area contributed by atoms with Gasteiger partial charge in [-0.2, -0.15) is 0 Å². The van der Waals surface area contributed by atoms with E-state index in [0.29, 0.717) is 12.3 Å². The van der Waals surface area contributed by atoms with Gasteiger partial charge in [-0.15, -0.1) is 10.2 Å². The highest BCUT2D eigenvalue weighted by atomic mass is 32.2. The van der Waals surface area contributed by atoms with Gasteiger partial charge in [-0.1, -0.05) is 30.0 Å². The number of amides is 1. The number of anilines is 1. The van der Waals surface area contributed by atoms with E-state index in [9.17, 15) is 13.2 Å². The van der Waals surface area contributed by atoms with Gasteiger partial charge in [0.05, 0.1) is 23.2 Å². The Hall–Kier alpha value is -1.87. The average molecular weight is 353 g/mol. The molecule has 1 fully saturated rings. The Morgan fingerprint density at radius 1 is 1.30 bits per heavy atom. The number of thioether (sulfide) groups is 1. The third-order valence-electron chi connectivity index (χ3n) is 3.39. The summed E-state index contributed by atoms with van der Waals surface area (Å²) < 4.78 is 28.4. The highest BCUT2D eigenvalue weighted by Gasteiger charge is 2.32. The van der Waals surface area contributed by atoms with Crippen molar-refractivity contribution in [1.29, 1.82) is 0 Å². The fraction of sp³-hybridized carbons (Fsp3) is 0.357. The van der Waals surface area contributed by atoms with Crippen molar-refractivity contribution in [1.82, 2.24) is 10.2 Å². The molecule has 23 heavy (non-hydrogen) atoms. The van der Waals surface area contributed by atoms with Crippen LogP contribution in [-0.2, 0) is 14.6 Å². The number of carbonyl (C=O) groups is 1. The Kier molecular flexibility index (Phi) is 4.67. The number of carbonyl (C=O) groups excluding carboxylic acids is 1. The smallest absolute Gasteiger partial charge is 0.277 e. The summed E-state index contributed by atoms with van der Waals surface area (Å²) in [6.07, 6.45) is 0.503. The largest absolute Gasteiger partial charge is 0.416 e. The van der Waals surface area contributed by atoms with Crippen LogP contribution in [0.2, 0.25) is 0 Å². The molecule has 0 saturated carbocycles. The number of hydrogen-bond donors (Lipinski definition) is 1. The van der Waals surface area contributed by atoms with Gasteiger partial charge in [-0.05, 0) is 18.6 Å². The second-order valence-corrected chi connectivity index (χ2v) is 8.36. The van der Waals surface area contributed by atoms with Crippen molar-refractivity contribution in [3.05, 3.63) is 36.2 Å². The number of aromatic nitrogens is 2. The molecular weight excluding hydrogens is 338 g/mol. The Balaban J connectivity index is 1.52. The van der Waals surface area contributed by atoms with Gasteiger partial charge in [0.15, 0.2) is 9.84 Å². The Bertz CT molecular complexity index is 789. The summed E-state index contributed by atoms with van der Waals surface area (Å²) >= 11 is 1.13. The summed E-state index contributed by atoms with van der Waals surface area (Å²) in [6, 6.07) is 9.14. The Labute approximate surface area is 137 Å². The van der Waals surface area contributed by atoms with Crippen molar-refractivity contribution in [2.45, 2.75) is 17.6 Å². The van der Waals surface area contributed by atoms with E-state index >= 15 is 0 Å². The minimum Gasteiger partial charge on any atom is -0.416 e. The minimum atomic E-state index is -2.99. The maximum atomic E-state index is 11.8.